The Labute approximate surface area is 165 Å². The van der Waals surface area contributed by atoms with E-state index in [0.717, 1.165) is 16.5 Å². The molecule has 27 heavy (non-hydrogen) atoms. The van der Waals surface area contributed by atoms with Gasteiger partial charge in [0.15, 0.2) is 17.4 Å². The van der Waals surface area contributed by atoms with Crippen molar-refractivity contribution in [1.29, 1.82) is 0 Å². The van der Waals surface area contributed by atoms with Gasteiger partial charge in [-0.3, -0.25) is 9.78 Å². The Kier molecular flexibility index (Phi) is 5.28. The number of hydrogen-bond acceptors (Lipinski definition) is 3. The molecule has 3 rings (SSSR count). The van der Waals surface area contributed by atoms with Crippen molar-refractivity contribution >= 4 is 40.0 Å². The Bertz CT molecular complexity index is 1060. The van der Waals surface area contributed by atoms with Gasteiger partial charge in [0.25, 0.3) is 0 Å². The van der Waals surface area contributed by atoms with Crippen LogP contribution in [0.15, 0.2) is 41.4 Å². The molecule has 0 saturated heterocycles. The predicted molar refractivity (Wildman–Crippen MR) is 107 cm³/mol. The van der Waals surface area contributed by atoms with Crippen LogP contribution in [0, 0.1) is 18.6 Å². The van der Waals surface area contributed by atoms with Gasteiger partial charge in [0.1, 0.15) is 5.52 Å². The molecule has 140 valence electrons. The molecule has 0 unspecified atom stereocenters. The fourth-order valence-corrected chi connectivity index (χ4v) is 4.06. The lowest BCUT2D eigenvalue weighted by molar-refractivity contribution is 0.103. The molecule has 0 atom stereocenters. The van der Waals surface area contributed by atoms with E-state index in [1.165, 1.54) is 18.3 Å². The quantitative estimate of drug-likeness (QED) is 0.363. The third kappa shape index (κ3) is 3.99. The largest absolute Gasteiger partial charge is 0.289 e. The van der Waals surface area contributed by atoms with Gasteiger partial charge in [0.2, 0.25) is 0 Å². The number of benzene rings is 2. The molecule has 6 heteroatoms. The number of nitrogens with zero attached hydrogens (tertiary/aromatic N) is 1. The molecule has 0 aliphatic heterocycles. The zero-order valence-corrected chi connectivity index (χ0v) is 16.9. The van der Waals surface area contributed by atoms with E-state index >= 15 is 0 Å². The number of ketones is 1. The molecule has 0 saturated carbocycles. The minimum atomic E-state index is -1.02. The van der Waals surface area contributed by atoms with Gasteiger partial charge in [-0.2, -0.15) is 0 Å². The van der Waals surface area contributed by atoms with Gasteiger partial charge in [0.05, 0.1) is 0 Å². The Balaban J connectivity index is 2.12. The molecule has 0 spiro atoms. The van der Waals surface area contributed by atoms with Crippen LogP contribution >= 0.6 is 23.4 Å². The minimum Gasteiger partial charge on any atom is -0.289 e. The molecule has 1 aromatic heterocycles. The first kappa shape index (κ1) is 19.8. The first-order valence-electron chi connectivity index (χ1n) is 8.35. The second-order valence-electron chi connectivity index (χ2n) is 7.25. The normalized spacial score (nSPS) is 11.8. The van der Waals surface area contributed by atoms with Gasteiger partial charge >= 0.3 is 0 Å². The number of carbonyl (C=O) groups excluding carboxylic acids is 1. The highest BCUT2D eigenvalue weighted by molar-refractivity contribution is 8.00. The number of carbonyl (C=O) groups is 1. The summed E-state index contributed by atoms with van der Waals surface area (Å²) < 4.78 is 27.1. The van der Waals surface area contributed by atoms with Crippen molar-refractivity contribution in [1.82, 2.24) is 4.98 Å². The third-order valence-corrected chi connectivity index (χ3v) is 5.75. The standard InChI is InChI=1S/C21H18ClF2NOS/c1-11-15(22)7-6-14(20(11)27-21(2,3)4)19(26)13-9-12-5-8-16(23)17(24)18(12)25-10-13/h5-10H,1-4H3. The monoisotopic (exact) mass is 405 g/mol. The second kappa shape index (κ2) is 7.21. The zero-order chi connectivity index (χ0) is 19.9. The fourth-order valence-electron chi connectivity index (χ4n) is 2.71. The molecule has 0 radical (unpaired) electrons. The number of halogens is 3. The molecule has 0 aliphatic carbocycles. The van der Waals surface area contributed by atoms with Gasteiger partial charge in [-0.05, 0) is 42.8 Å². The van der Waals surface area contributed by atoms with E-state index < -0.39 is 11.6 Å². The molecule has 0 aliphatic rings. The van der Waals surface area contributed by atoms with Gasteiger partial charge in [0, 0.05) is 37.4 Å². The smallest absolute Gasteiger partial charge is 0.195 e. The number of pyridine rings is 1. The molecule has 0 fully saturated rings. The Hall–Kier alpha value is -1.98. The molecule has 0 bridgehead atoms. The maximum absolute atomic E-state index is 13.9. The van der Waals surface area contributed by atoms with Crippen LogP contribution in [0.4, 0.5) is 8.78 Å². The summed E-state index contributed by atoms with van der Waals surface area (Å²) in [4.78, 5) is 17.9. The van der Waals surface area contributed by atoms with Gasteiger partial charge in [-0.25, -0.2) is 8.78 Å². The lowest BCUT2D eigenvalue weighted by Gasteiger charge is -2.22. The highest BCUT2D eigenvalue weighted by atomic mass is 35.5. The van der Waals surface area contributed by atoms with Gasteiger partial charge in [-0.1, -0.05) is 32.4 Å². The Morgan fingerprint density at radius 1 is 1.15 bits per heavy atom. The van der Waals surface area contributed by atoms with E-state index in [4.69, 9.17) is 11.6 Å². The van der Waals surface area contributed by atoms with Crippen LogP contribution in [-0.4, -0.2) is 15.5 Å². The third-order valence-electron chi connectivity index (χ3n) is 4.00. The number of hydrogen-bond donors (Lipinski definition) is 0. The minimum absolute atomic E-state index is 0.0943. The first-order chi connectivity index (χ1) is 12.6. The number of aromatic nitrogens is 1. The zero-order valence-electron chi connectivity index (χ0n) is 15.4. The van der Waals surface area contributed by atoms with E-state index in [1.807, 2.05) is 6.92 Å². The van der Waals surface area contributed by atoms with Crippen molar-refractivity contribution in [2.24, 2.45) is 0 Å². The highest BCUT2D eigenvalue weighted by Crippen LogP contribution is 2.39. The summed E-state index contributed by atoms with van der Waals surface area (Å²) in [6, 6.07) is 7.36. The van der Waals surface area contributed by atoms with E-state index in [-0.39, 0.29) is 16.0 Å². The molecule has 2 nitrogen and oxygen atoms in total. The summed E-state index contributed by atoms with van der Waals surface area (Å²) in [5.41, 5.74) is 1.57. The lowest BCUT2D eigenvalue weighted by Crippen LogP contribution is -2.11. The molecule has 3 aromatic rings. The van der Waals surface area contributed by atoms with Gasteiger partial charge in [-0.15, -0.1) is 11.8 Å². The summed E-state index contributed by atoms with van der Waals surface area (Å²) in [6.07, 6.45) is 1.28. The lowest BCUT2D eigenvalue weighted by atomic mass is 10.0. The average molecular weight is 406 g/mol. The van der Waals surface area contributed by atoms with Crippen LogP contribution in [0.3, 0.4) is 0 Å². The summed E-state index contributed by atoms with van der Waals surface area (Å²) in [5.74, 6) is -2.22. The van der Waals surface area contributed by atoms with Crippen molar-refractivity contribution in [2.45, 2.75) is 37.3 Å². The topological polar surface area (TPSA) is 30.0 Å². The fraction of sp³-hybridized carbons (Fsp3) is 0.238. The second-order valence-corrected chi connectivity index (χ2v) is 9.49. The van der Waals surface area contributed by atoms with Crippen molar-refractivity contribution in [3.63, 3.8) is 0 Å². The highest BCUT2D eigenvalue weighted by Gasteiger charge is 2.23. The van der Waals surface area contributed by atoms with Crippen LogP contribution < -0.4 is 0 Å². The van der Waals surface area contributed by atoms with Crippen molar-refractivity contribution in [3.8, 4) is 0 Å². The molecule has 1 heterocycles. The number of thioether (sulfide) groups is 1. The maximum atomic E-state index is 13.9. The molecule has 0 N–H and O–H groups in total. The number of fused-ring (bicyclic) bond motifs is 1. The summed E-state index contributed by atoms with van der Waals surface area (Å²) >= 11 is 7.83. The van der Waals surface area contributed by atoms with Crippen molar-refractivity contribution in [2.75, 3.05) is 0 Å². The van der Waals surface area contributed by atoms with Crippen LogP contribution in [0.25, 0.3) is 10.9 Å². The SMILES string of the molecule is Cc1c(Cl)ccc(C(=O)c2cnc3c(F)c(F)ccc3c2)c1SC(C)(C)C. The average Bonchev–Trinajstić information content (AvgIpc) is 2.60. The van der Waals surface area contributed by atoms with E-state index in [1.54, 1.807) is 23.9 Å². The van der Waals surface area contributed by atoms with Crippen LogP contribution in [0.1, 0.15) is 42.3 Å². The van der Waals surface area contributed by atoms with Crippen LogP contribution in [0.2, 0.25) is 5.02 Å². The molecule has 2 aromatic carbocycles. The Morgan fingerprint density at radius 3 is 2.52 bits per heavy atom. The summed E-state index contributed by atoms with van der Waals surface area (Å²) in [6.45, 7) is 8.05. The van der Waals surface area contributed by atoms with Crippen molar-refractivity contribution < 1.29 is 13.6 Å². The van der Waals surface area contributed by atoms with E-state index in [2.05, 4.69) is 25.8 Å². The molecular formula is C21H18ClF2NOS. The van der Waals surface area contributed by atoms with E-state index in [0.29, 0.717) is 21.5 Å². The summed E-state index contributed by atoms with van der Waals surface area (Å²) in [5, 5.41) is 0.961. The summed E-state index contributed by atoms with van der Waals surface area (Å²) in [7, 11) is 0. The van der Waals surface area contributed by atoms with Gasteiger partial charge < -0.3 is 0 Å². The maximum Gasteiger partial charge on any atom is 0.195 e. The van der Waals surface area contributed by atoms with E-state index in [9.17, 15) is 13.6 Å². The number of rotatable bonds is 3. The molecular weight excluding hydrogens is 388 g/mol. The van der Waals surface area contributed by atoms with Crippen LogP contribution in [-0.2, 0) is 0 Å². The Morgan fingerprint density at radius 2 is 1.85 bits per heavy atom. The first-order valence-corrected chi connectivity index (χ1v) is 9.54. The molecule has 0 amide bonds. The predicted octanol–water partition coefficient (Wildman–Crippen LogP) is 6.60. The van der Waals surface area contributed by atoms with Crippen LogP contribution in [0.5, 0.6) is 0 Å². The van der Waals surface area contributed by atoms with Crippen molar-refractivity contribution in [3.05, 3.63) is 69.9 Å².